The van der Waals surface area contributed by atoms with E-state index in [1.165, 1.54) is 17.7 Å². The first-order valence-corrected chi connectivity index (χ1v) is 8.08. The Hall–Kier alpha value is -1.40. The summed E-state index contributed by atoms with van der Waals surface area (Å²) in [6.45, 7) is 0.696. The van der Waals surface area contributed by atoms with Crippen LogP contribution in [0.25, 0.3) is 0 Å². The van der Waals surface area contributed by atoms with Gasteiger partial charge in [-0.15, -0.1) is 0 Å². The zero-order valence-corrected chi connectivity index (χ0v) is 13.3. The third-order valence-corrected chi connectivity index (χ3v) is 4.14. The molecule has 114 valence electrons. The van der Waals surface area contributed by atoms with Crippen LogP contribution in [0.4, 0.5) is 0 Å². The number of hydrogen-bond donors (Lipinski definition) is 1. The van der Waals surface area contributed by atoms with Gasteiger partial charge in [-0.2, -0.15) is 8.42 Å². The van der Waals surface area contributed by atoms with Crippen LogP contribution in [-0.2, 0) is 20.7 Å². The van der Waals surface area contributed by atoms with Crippen molar-refractivity contribution in [2.24, 2.45) is 5.73 Å². The van der Waals surface area contributed by atoms with E-state index in [0.717, 1.165) is 18.6 Å². The quantitative estimate of drug-likeness (QED) is 0.877. The summed E-state index contributed by atoms with van der Waals surface area (Å²) in [5.74, 6) is 0. The molecule has 0 saturated carbocycles. The molecule has 2 N–H and O–H groups in total. The van der Waals surface area contributed by atoms with E-state index in [4.69, 9.17) is 17.3 Å². The van der Waals surface area contributed by atoms with Crippen molar-refractivity contribution in [2.75, 3.05) is 13.7 Å². The first-order valence-electron chi connectivity index (χ1n) is 6.30. The average molecular weight is 328 g/mol. The molecule has 2 aromatic carbocycles. The van der Waals surface area contributed by atoms with Crippen LogP contribution in [-0.4, -0.2) is 22.1 Å². The highest BCUT2D eigenvalue weighted by Crippen LogP contribution is 2.09. The molecule has 0 amide bonds. The lowest BCUT2D eigenvalue weighted by Gasteiger charge is -1.98. The predicted molar refractivity (Wildman–Crippen MR) is 84.8 cm³/mol. The van der Waals surface area contributed by atoms with Crippen LogP contribution in [0, 0.1) is 0 Å². The highest BCUT2D eigenvalue weighted by atomic mass is 35.5. The van der Waals surface area contributed by atoms with Gasteiger partial charge in [0.2, 0.25) is 0 Å². The van der Waals surface area contributed by atoms with Gasteiger partial charge < -0.3 is 5.73 Å². The van der Waals surface area contributed by atoms with Crippen LogP contribution >= 0.6 is 11.6 Å². The number of hydrogen-bond acceptors (Lipinski definition) is 4. The zero-order valence-electron chi connectivity index (χ0n) is 11.7. The molecule has 0 saturated heterocycles. The molecule has 2 aromatic rings. The largest absolute Gasteiger partial charge is 0.330 e. The number of nitrogens with two attached hydrogens (primary N) is 1. The van der Waals surface area contributed by atoms with Crippen LogP contribution < -0.4 is 5.73 Å². The number of rotatable bonds is 4. The summed E-state index contributed by atoms with van der Waals surface area (Å²) in [5, 5.41) is 0.778. The van der Waals surface area contributed by atoms with Crippen LogP contribution in [0.3, 0.4) is 0 Å². The lowest BCUT2D eigenvalue weighted by molar-refractivity contribution is 0.398. The van der Waals surface area contributed by atoms with E-state index in [0.29, 0.717) is 6.54 Å². The molecule has 0 heterocycles. The minimum atomic E-state index is -3.50. The Morgan fingerprint density at radius 3 is 2.10 bits per heavy atom. The molecule has 0 spiro atoms. The van der Waals surface area contributed by atoms with E-state index in [2.05, 4.69) is 4.18 Å². The molecule has 0 aromatic heterocycles. The average Bonchev–Trinajstić information content (AvgIpc) is 2.51. The van der Waals surface area contributed by atoms with E-state index in [1.54, 1.807) is 18.2 Å². The molecule has 21 heavy (non-hydrogen) atoms. The first kappa shape index (κ1) is 17.7. The Morgan fingerprint density at radius 1 is 1.05 bits per heavy atom. The van der Waals surface area contributed by atoms with Gasteiger partial charge in [0, 0.05) is 5.02 Å². The van der Waals surface area contributed by atoms with Gasteiger partial charge in [-0.3, -0.25) is 4.18 Å². The van der Waals surface area contributed by atoms with Gasteiger partial charge in [0.1, 0.15) is 0 Å². The van der Waals surface area contributed by atoms with Crippen molar-refractivity contribution in [3.63, 3.8) is 0 Å². The van der Waals surface area contributed by atoms with E-state index < -0.39 is 10.1 Å². The number of benzene rings is 2. The Balaban J connectivity index is 0.000000211. The normalized spacial score (nSPS) is 10.6. The number of halogens is 1. The molecule has 2 rings (SSSR count). The summed E-state index contributed by atoms with van der Waals surface area (Å²) < 4.78 is 26.3. The molecule has 0 fully saturated rings. The predicted octanol–water partition coefficient (Wildman–Crippen LogP) is 2.86. The van der Waals surface area contributed by atoms with Crippen LogP contribution in [0.15, 0.2) is 59.5 Å². The summed E-state index contributed by atoms with van der Waals surface area (Å²) in [4.78, 5) is 0.183. The molecule has 6 heteroatoms. The highest BCUT2D eigenvalue weighted by molar-refractivity contribution is 7.86. The van der Waals surface area contributed by atoms with Gasteiger partial charge in [0.05, 0.1) is 12.0 Å². The molecule has 0 atom stereocenters. The molecular formula is C15H18ClNO3S. The topological polar surface area (TPSA) is 69.4 Å². The molecular weight excluding hydrogens is 310 g/mol. The second-order valence-electron chi connectivity index (χ2n) is 4.10. The fourth-order valence-electron chi connectivity index (χ4n) is 1.50. The maximum atomic E-state index is 11.0. The van der Waals surface area contributed by atoms with E-state index in [-0.39, 0.29) is 4.90 Å². The van der Waals surface area contributed by atoms with Crippen LogP contribution in [0.1, 0.15) is 5.56 Å². The Kier molecular flexibility index (Phi) is 7.39. The smallest absolute Gasteiger partial charge is 0.296 e. The lowest BCUT2D eigenvalue weighted by atomic mass is 10.2. The van der Waals surface area contributed by atoms with Gasteiger partial charge in [0.25, 0.3) is 10.1 Å². The summed E-state index contributed by atoms with van der Waals surface area (Å²) in [6.07, 6.45) is 0.928. The van der Waals surface area contributed by atoms with Crippen molar-refractivity contribution in [1.82, 2.24) is 0 Å². The molecule has 4 nitrogen and oxygen atoms in total. The molecule has 0 aliphatic carbocycles. The van der Waals surface area contributed by atoms with Crippen molar-refractivity contribution in [3.05, 3.63) is 65.2 Å². The van der Waals surface area contributed by atoms with Crippen molar-refractivity contribution >= 4 is 21.7 Å². The Bertz CT molecular complexity index is 628. The zero-order chi connectivity index (χ0) is 15.7. The van der Waals surface area contributed by atoms with Crippen LogP contribution in [0.5, 0.6) is 0 Å². The fourth-order valence-corrected chi connectivity index (χ4v) is 2.31. The Morgan fingerprint density at radius 2 is 1.62 bits per heavy atom. The lowest BCUT2D eigenvalue weighted by Crippen LogP contribution is -2.01. The standard InChI is InChI=1S/C8H10ClN.C7H8O3S/c9-8-3-1-7(2-4-8)5-6-10;1-10-11(8,9)7-5-3-2-4-6-7/h1-4H,5-6,10H2;2-6H,1H3. The third kappa shape index (κ3) is 6.27. The highest BCUT2D eigenvalue weighted by Gasteiger charge is 2.10. The van der Waals surface area contributed by atoms with Gasteiger partial charge in [-0.1, -0.05) is 41.9 Å². The maximum Gasteiger partial charge on any atom is 0.296 e. The SMILES string of the molecule is COS(=O)(=O)c1ccccc1.NCCc1ccc(Cl)cc1. The third-order valence-electron chi connectivity index (χ3n) is 2.60. The van der Waals surface area contributed by atoms with Gasteiger partial charge in [-0.25, -0.2) is 0 Å². The second kappa shape index (κ2) is 8.79. The molecule has 0 unspecified atom stereocenters. The Labute approximate surface area is 130 Å². The van der Waals surface area contributed by atoms with Gasteiger partial charge in [-0.05, 0) is 42.8 Å². The van der Waals surface area contributed by atoms with Gasteiger partial charge >= 0.3 is 0 Å². The summed E-state index contributed by atoms with van der Waals surface area (Å²) in [6, 6.07) is 15.8. The monoisotopic (exact) mass is 327 g/mol. The molecule has 0 aliphatic heterocycles. The van der Waals surface area contributed by atoms with Crippen molar-refractivity contribution in [1.29, 1.82) is 0 Å². The molecule has 0 radical (unpaired) electrons. The molecule has 0 aliphatic rings. The maximum absolute atomic E-state index is 11.0. The summed E-state index contributed by atoms with van der Waals surface area (Å²) >= 11 is 5.68. The minimum absolute atomic E-state index is 0.183. The van der Waals surface area contributed by atoms with Crippen molar-refractivity contribution < 1.29 is 12.6 Å². The van der Waals surface area contributed by atoms with E-state index in [9.17, 15) is 8.42 Å². The van der Waals surface area contributed by atoms with E-state index >= 15 is 0 Å². The van der Waals surface area contributed by atoms with Crippen molar-refractivity contribution in [3.8, 4) is 0 Å². The van der Waals surface area contributed by atoms with Crippen LogP contribution in [0.2, 0.25) is 5.02 Å². The first-order chi connectivity index (χ1) is 9.99. The van der Waals surface area contributed by atoms with Crippen molar-refractivity contribution in [2.45, 2.75) is 11.3 Å². The molecule has 0 bridgehead atoms. The summed E-state index contributed by atoms with van der Waals surface area (Å²) in [5.41, 5.74) is 6.61. The summed E-state index contributed by atoms with van der Waals surface area (Å²) in [7, 11) is -2.36. The second-order valence-corrected chi connectivity index (χ2v) is 6.25. The van der Waals surface area contributed by atoms with E-state index in [1.807, 2.05) is 24.3 Å². The fraction of sp³-hybridized carbons (Fsp3) is 0.200. The minimum Gasteiger partial charge on any atom is -0.330 e. The van der Waals surface area contributed by atoms with Gasteiger partial charge in [0.15, 0.2) is 0 Å².